The Hall–Kier alpha value is -3.03. The number of pyridine rings is 1. The quantitative estimate of drug-likeness (QED) is 0.748. The number of carbonyl (C=O) groups excluding carboxylic acids is 1. The molecule has 0 fully saturated rings. The Labute approximate surface area is 132 Å². The summed E-state index contributed by atoms with van der Waals surface area (Å²) in [5, 5.41) is 6.95. The summed E-state index contributed by atoms with van der Waals surface area (Å²) in [5.74, 6) is -0.0476. The molecule has 3 heterocycles. The van der Waals surface area contributed by atoms with E-state index < -0.39 is 0 Å². The summed E-state index contributed by atoms with van der Waals surface area (Å²) < 4.78 is 1.67. The average Bonchev–Trinajstić information content (AvgIpc) is 3.01. The molecule has 1 amide bonds. The van der Waals surface area contributed by atoms with Crippen LogP contribution in [-0.4, -0.2) is 30.5 Å². The van der Waals surface area contributed by atoms with Crippen LogP contribution >= 0.6 is 0 Å². The molecule has 0 atom stereocenters. The van der Waals surface area contributed by atoms with Gasteiger partial charge < -0.3 is 11.1 Å². The highest BCUT2D eigenvalue weighted by Gasteiger charge is 2.13. The number of anilines is 1. The second-order valence-corrected chi connectivity index (χ2v) is 5.42. The molecular formula is C15H17N7O. The van der Waals surface area contributed by atoms with Crippen LogP contribution in [0.25, 0.3) is 5.65 Å². The van der Waals surface area contributed by atoms with Crippen molar-refractivity contribution in [2.75, 3.05) is 5.73 Å². The van der Waals surface area contributed by atoms with E-state index in [1.807, 2.05) is 32.0 Å². The number of nitrogens with two attached hydrogens (primary N) is 1. The lowest BCUT2D eigenvalue weighted by molar-refractivity contribution is 0.0945. The molecule has 0 aromatic carbocycles. The number of aromatic nitrogens is 5. The van der Waals surface area contributed by atoms with Gasteiger partial charge in [0.05, 0.1) is 12.2 Å². The first-order valence-corrected chi connectivity index (χ1v) is 7.25. The van der Waals surface area contributed by atoms with Crippen LogP contribution in [0.1, 0.15) is 41.6 Å². The molecule has 0 unspecified atom stereocenters. The molecule has 8 heteroatoms. The summed E-state index contributed by atoms with van der Waals surface area (Å²) in [5.41, 5.74) is 8.22. The molecule has 0 spiro atoms. The summed E-state index contributed by atoms with van der Waals surface area (Å²) in [7, 11) is 0. The second-order valence-electron chi connectivity index (χ2n) is 5.42. The van der Waals surface area contributed by atoms with Crippen LogP contribution in [0.3, 0.4) is 0 Å². The minimum Gasteiger partial charge on any atom is -0.368 e. The van der Waals surface area contributed by atoms with Crippen molar-refractivity contribution < 1.29 is 4.79 Å². The number of carbonyl (C=O) groups is 1. The van der Waals surface area contributed by atoms with Crippen LogP contribution < -0.4 is 11.1 Å². The smallest absolute Gasteiger partial charge is 0.270 e. The lowest BCUT2D eigenvalue weighted by atomic mass is 10.1. The number of hydrogen-bond acceptors (Lipinski definition) is 6. The fraction of sp³-hybridized carbons (Fsp3) is 0.267. The zero-order valence-corrected chi connectivity index (χ0v) is 12.9. The summed E-state index contributed by atoms with van der Waals surface area (Å²) in [4.78, 5) is 24.6. The van der Waals surface area contributed by atoms with Gasteiger partial charge in [-0.2, -0.15) is 5.10 Å². The molecule has 0 saturated heterocycles. The molecule has 0 bridgehead atoms. The molecule has 0 saturated carbocycles. The summed E-state index contributed by atoms with van der Waals surface area (Å²) in [6.07, 6.45) is 1.47. The highest BCUT2D eigenvalue weighted by atomic mass is 16.1. The standard InChI is InChI=1S/C15H17N7O/c1-9(2)11-6-12(21-15(16)20-11)14(23)17-7-10-4-3-5-13-18-8-19-22(10)13/h3-6,8-9H,7H2,1-2H3,(H,17,23)(H2,16,20,21). The zero-order valence-electron chi connectivity index (χ0n) is 12.9. The van der Waals surface area contributed by atoms with Crippen molar-refractivity contribution in [2.45, 2.75) is 26.3 Å². The summed E-state index contributed by atoms with van der Waals surface area (Å²) in [6, 6.07) is 7.24. The number of hydrogen-bond donors (Lipinski definition) is 2. The van der Waals surface area contributed by atoms with Gasteiger partial charge in [0.25, 0.3) is 5.91 Å². The summed E-state index contributed by atoms with van der Waals surface area (Å²) >= 11 is 0. The first-order valence-electron chi connectivity index (χ1n) is 7.25. The second kappa shape index (κ2) is 5.99. The Bertz CT molecular complexity index is 856. The van der Waals surface area contributed by atoms with Gasteiger partial charge in [-0.3, -0.25) is 4.79 Å². The molecule has 8 nitrogen and oxygen atoms in total. The van der Waals surface area contributed by atoms with Crippen molar-refractivity contribution in [2.24, 2.45) is 0 Å². The fourth-order valence-corrected chi connectivity index (χ4v) is 2.19. The van der Waals surface area contributed by atoms with E-state index in [0.717, 1.165) is 17.0 Å². The van der Waals surface area contributed by atoms with Gasteiger partial charge in [0.1, 0.15) is 12.0 Å². The first-order chi connectivity index (χ1) is 11.0. The van der Waals surface area contributed by atoms with Gasteiger partial charge in [0.15, 0.2) is 5.65 Å². The highest BCUT2D eigenvalue weighted by Crippen LogP contribution is 2.13. The molecule has 23 heavy (non-hydrogen) atoms. The van der Waals surface area contributed by atoms with Gasteiger partial charge in [-0.1, -0.05) is 19.9 Å². The van der Waals surface area contributed by atoms with Crippen molar-refractivity contribution in [1.29, 1.82) is 0 Å². The largest absolute Gasteiger partial charge is 0.368 e. The highest BCUT2D eigenvalue weighted by molar-refractivity contribution is 5.92. The van der Waals surface area contributed by atoms with Crippen LogP contribution in [0, 0.1) is 0 Å². The number of amides is 1. The van der Waals surface area contributed by atoms with E-state index in [9.17, 15) is 4.79 Å². The third-order valence-electron chi connectivity index (χ3n) is 3.40. The SMILES string of the molecule is CC(C)c1cc(C(=O)NCc2cccc3ncnn23)nc(N)n1. The van der Waals surface area contributed by atoms with Gasteiger partial charge in [-0.05, 0) is 24.1 Å². The van der Waals surface area contributed by atoms with E-state index in [4.69, 9.17) is 5.73 Å². The Balaban J connectivity index is 1.78. The zero-order chi connectivity index (χ0) is 16.4. The maximum atomic E-state index is 12.3. The van der Waals surface area contributed by atoms with Gasteiger partial charge in [-0.15, -0.1) is 0 Å². The van der Waals surface area contributed by atoms with Gasteiger partial charge in [0, 0.05) is 5.69 Å². The number of nitrogens with zero attached hydrogens (tertiary/aromatic N) is 5. The molecule has 3 N–H and O–H groups in total. The molecule has 118 valence electrons. The van der Waals surface area contributed by atoms with Crippen LogP contribution in [0.15, 0.2) is 30.6 Å². The van der Waals surface area contributed by atoms with Gasteiger partial charge in [0.2, 0.25) is 5.95 Å². The number of nitrogens with one attached hydrogen (secondary N) is 1. The van der Waals surface area contributed by atoms with E-state index in [2.05, 4.69) is 25.4 Å². The van der Waals surface area contributed by atoms with Gasteiger partial charge >= 0.3 is 0 Å². The van der Waals surface area contributed by atoms with E-state index in [0.29, 0.717) is 6.54 Å². The van der Waals surface area contributed by atoms with Gasteiger partial charge in [-0.25, -0.2) is 19.5 Å². The lowest BCUT2D eigenvalue weighted by Gasteiger charge is -2.09. The van der Waals surface area contributed by atoms with E-state index in [-0.39, 0.29) is 23.5 Å². The summed E-state index contributed by atoms with van der Waals surface area (Å²) in [6.45, 7) is 4.27. The predicted molar refractivity (Wildman–Crippen MR) is 84.7 cm³/mol. The van der Waals surface area contributed by atoms with Crippen molar-refractivity contribution >= 4 is 17.5 Å². The monoisotopic (exact) mass is 311 g/mol. The topological polar surface area (TPSA) is 111 Å². The third kappa shape index (κ3) is 3.10. The van der Waals surface area contributed by atoms with Crippen LogP contribution in [-0.2, 0) is 6.54 Å². The number of fused-ring (bicyclic) bond motifs is 1. The van der Waals surface area contributed by atoms with Crippen LogP contribution in [0.2, 0.25) is 0 Å². The van der Waals surface area contributed by atoms with Crippen molar-refractivity contribution in [3.05, 3.63) is 47.7 Å². The maximum absolute atomic E-state index is 12.3. The Morgan fingerprint density at radius 2 is 2.17 bits per heavy atom. The Kier molecular flexibility index (Phi) is 3.88. The molecule has 3 aromatic rings. The average molecular weight is 311 g/mol. The van der Waals surface area contributed by atoms with Crippen molar-refractivity contribution in [3.63, 3.8) is 0 Å². The van der Waals surface area contributed by atoms with E-state index in [1.54, 1.807) is 10.6 Å². The Morgan fingerprint density at radius 1 is 1.35 bits per heavy atom. The Morgan fingerprint density at radius 3 is 2.96 bits per heavy atom. The molecule has 0 aliphatic carbocycles. The van der Waals surface area contributed by atoms with Crippen LogP contribution in [0.5, 0.6) is 0 Å². The van der Waals surface area contributed by atoms with Crippen molar-refractivity contribution in [1.82, 2.24) is 29.9 Å². The number of nitrogen functional groups attached to an aromatic ring is 1. The third-order valence-corrected chi connectivity index (χ3v) is 3.40. The predicted octanol–water partition coefficient (Wildman–Crippen LogP) is 1.15. The van der Waals surface area contributed by atoms with Crippen LogP contribution in [0.4, 0.5) is 5.95 Å². The molecule has 0 aliphatic rings. The molecule has 0 radical (unpaired) electrons. The van der Waals surface area contributed by atoms with Crippen molar-refractivity contribution in [3.8, 4) is 0 Å². The first kappa shape index (κ1) is 14.9. The minimum atomic E-state index is -0.307. The molecular weight excluding hydrogens is 294 g/mol. The van der Waals surface area contributed by atoms with E-state index >= 15 is 0 Å². The molecule has 0 aliphatic heterocycles. The van der Waals surface area contributed by atoms with E-state index in [1.165, 1.54) is 6.33 Å². The molecule has 3 aromatic heterocycles. The normalized spacial score (nSPS) is 11.1. The number of rotatable bonds is 4. The molecule has 3 rings (SSSR count). The lowest BCUT2D eigenvalue weighted by Crippen LogP contribution is -2.25. The maximum Gasteiger partial charge on any atom is 0.270 e. The fourth-order valence-electron chi connectivity index (χ4n) is 2.19. The minimum absolute atomic E-state index is 0.0970.